The zero-order valence-corrected chi connectivity index (χ0v) is 13.3. The fraction of sp³-hybridized carbons (Fsp3) is 0.111. The summed E-state index contributed by atoms with van der Waals surface area (Å²) in [5, 5.41) is 5.13. The van der Waals surface area contributed by atoms with E-state index in [1.54, 1.807) is 18.2 Å². The van der Waals surface area contributed by atoms with Crippen LogP contribution in [0.25, 0.3) is 22.4 Å². The molecule has 116 valence electrons. The van der Waals surface area contributed by atoms with Gasteiger partial charge in [0.05, 0.1) is 5.69 Å². The Kier molecular flexibility index (Phi) is 4.55. The van der Waals surface area contributed by atoms with Crippen molar-refractivity contribution in [2.75, 3.05) is 7.11 Å². The molecule has 23 heavy (non-hydrogen) atoms. The van der Waals surface area contributed by atoms with Crippen LogP contribution in [0, 0.1) is 0 Å². The molecule has 0 amide bonds. The Morgan fingerprint density at radius 1 is 1.04 bits per heavy atom. The molecule has 0 radical (unpaired) electrons. The topological polar surface area (TPSA) is 44.1 Å². The molecule has 0 atom stereocenters. The Bertz CT molecular complexity index is 858. The van der Waals surface area contributed by atoms with Crippen LogP contribution in [-0.2, 0) is 11.5 Å². The molecule has 4 nitrogen and oxygen atoms in total. The van der Waals surface area contributed by atoms with Gasteiger partial charge in [-0.1, -0.05) is 54.1 Å². The Balaban J connectivity index is 2.23. The van der Waals surface area contributed by atoms with Crippen molar-refractivity contribution in [1.82, 2.24) is 9.78 Å². The van der Waals surface area contributed by atoms with E-state index in [1.807, 2.05) is 42.5 Å². The SMILES string of the molecule is COCn1nc(-c2ccccc2)c(-c2ccc(Cl)cc2)cc1=O. The third-order valence-electron chi connectivity index (χ3n) is 3.45. The highest BCUT2D eigenvalue weighted by Crippen LogP contribution is 2.29. The van der Waals surface area contributed by atoms with Crippen LogP contribution in [0.5, 0.6) is 0 Å². The first-order valence-electron chi connectivity index (χ1n) is 7.11. The monoisotopic (exact) mass is 326 g/mol. The molecule has 0 spiro atoms. The third kappa shape index (κ3) is 3.33. The smallest absolute Gasteiger partial charge is 0.269 e. The lowest BCUT2D eigenvalue weighted by molar-refractivity contribution is 0.116. The number of nitrogens with zero attached hydrogens (tertiary/aromatic N) is 2. The molecule has 0 bridgehead atoms. The number of hydrogen-bond acceptors (Lipinski definition) is 3. The predicted molar refractivity (Wildman–Crippen MR) is 91.4 cm³/mol. The highest BCUT2D eigenvalue weighted by atomic mass is 35.5. The molecular formula is C18H15ClN2O2. The van der Waals surface area contributed by atoms with Gasteiger partial charge in [0.15, 0.2) is 0 Å². The average molecular weight is 327 g/mol. The quantitative estimate of drug-likeness (QED) is 0.731. The molecule has 0 aliphatic carbocycles. The maximum absolute atomic E-state index is 12.2. The first-order valence-corrected chi connectivity index (χ1v) is 7.49. The molecule has 0 fully saturated rings. The molecule has 0 unspecified atom stereocenters. The molecule has 0 saturated heterocycles. The average Bonchev–Trinajstić information content (AvgIpc) is 2.58. The number of rotatable bonds is 4. The van der Waals surface area contributed by atoms with Crippen LogP contribution in [0.15, 0.2) is 65.5 Å². The minimum atomic E-state index is -0.212. The van der Waals surface area contributed by atoms with E-state index in [4.69, 9.17) is 16.3 Å². The first-order chi connectivity index (χ1) is 11.2. The van der Waals surface area contributed by atoms with Gasteiger partial charge in [-0.15, -0.1) is 0 Å². The molecule has 0 aliphatic heterocycles. The van der Waals surface area contributed by atoms with Crippen molar-refractivity contribution in [2.24, 2.45) is 0 Å². The van der Waals surface area contributed by atoms with Gasteiger partial charge in [-0.2, -0.15) is 5.10 Å². The van der Waals surface area contributed by atoms with Gasteiger partial charge in [-0.25, -0.2) is 4.68 Å². The molecule has 1 aromatic heterocycles. The standard InChI is InChI=1S/C18H15ClN2O2/c1-23-12-21-17(22)11-16(13-7-9-15(19)10-8-13)18(20-21)14-5-3-2-4-6-14/h2-11H,12H2,1H3. The van der Waals surface area contributed by atoms with Gasteiger partial charge in [-0.05, 0) is 17.7 Å². The number of ether oxygens (including phenoxy) is 1. The number of aromatic nitrogens is 2. The maximum Gasteiger partial charge on any atom is 0.269 e. The molecule has 0 aliphatic rings. The predicted octanol–water partition coefficient (Wildman–Crippen LogP) is 3.83. The normalized spacial score (nSPS) is 10.7. The van der Waals surface area contributed by atoms with Crippen LogP contribution in [0.3, 0.4) is 0 Å². The summed E-state index contributed by atoms with van der Waals surface area (Å²) in [5.41, 5.74) is 3.11. The van der Waals surface area contributed by atoms with Gasteiger partial charge in [0.1, 0.15) is 6.73 Å². The number of halogens is 1. The highest BCUT2D eigenvalue weighted by molar-refractivity contribution is 6.30. The van der Waals surface area contributed by atoms with E-state index >= 15 is 0 Å². The maximum atomic E-state index is 12.2. The van der Waals surface area contributed by atoms with Crippen LogP contribution >= 0.6 is 11.6 Å². The van der Waals surface area contributed by atoms with E-state index in [0.29, 0.717) is 5.02 Å². The van der Waals surface area contributed by atoms with Crippen molar-refractivity contribution in [3.63, 3.8) is 0 Å². The van der Waals surface area contributed by atoms with E-state index in [2.05, 4.69) is 5.10 Å². The Morgan fingerprint density at radius 3 is 2.39 bits per heavy atom. The Labute approximate surface area is 138 Å². The van der Waals surface area contributed by atoms with Crippen LogP contribution in [0.4, 0.5) is 0 Å². The first kappa shape index (κ1) is 15.5. The van der Waals surface area contributed by atoms with E-state index in [9.17, 15) is 4.79 Å². The minimum absolute atomic E-state index is 0.111. The number of methoxy groups -OCH3 is 1. The van der Waals surface area contributed by atoms with Crippen molar-refractivity contribution in [1.29, 1.82) is 0 Å². The minimum Gasteiger partial charge on any atom is -0.362 e. The van der Waals surface area contributed by atoms with Gasteiger partial charge in [-0.3, -0.25) is 4.79 Å². The Hall–Kier alpha value is -2.43. The van der Waals surface area contributed by atoms with Crippen molar-refractivity contribution in [3.05, 3.63) is 76.0 Å². The van der Waals surface area contributed by atoms with Crippen LogP contribution in [0.1, 0.15) is 0 Å². The Morgan fingerprint density at radius 2 is 1.74 bits per heavy atom. The molecule has 0 N–H and O–H groups in total. The number of benzene rings is 2. The summed E-state index contributed by atoms with van der Waals surface area (Å²) in [7, 11) is 1.53. The summed E-state index contributed by atoms with van der Waals surface area (Å²) in [4.78, 5) is 12.2. The lowest BCUT2D eigenvalue weighted by Gasteiger charge is -2.12. The second-order valence-corrected chi connectivity index (χ2v) is 5.47. The fourth-order valence-corrected chi connectivity index (χ4v) is 2.49. The largest absolute Gasteiger partial charge is 0.362 e. The lowest BCUT2D eigenvalue weighted by atomic mass is 10.0. The van der Waals surface area contributed by atoms with Crippen LogP contribution < -0.4 is 5.56 Å². The second-order valence-electron chi connectivity index (χ2n) is 5.04. The van der Waals surface area contributed by atoms with E-state index in [0.717, 1.165) is 22.4 Å². The molecule has 2 aromatic carbocycles. The molecule has 3 aromatic rings. The van der Waals surface area contributed by atoms with Crippen molar-refractivity contribution >= 4 is 11.6 Å². The third-order valence-corrected chi connectivity index (χ3v) is 3.70. The second kappa shape index (κ2) is 6.77. The van der Waals surface area contributed by atoms with Crippen molar-refractivity contribution < 1.29 is 4.74 Å². The van der Waals surface area contributed by atoms with Gasteiger partial charge >= 0.3 is 0 Å². The van der Waals surface area contributed by atoms with Crippen molar-refractivity contribution in [2.45, 2.75) is 6.73 Å². The van der Waals surface area contributed by atoms with Crippen LogP contribution in [-0.4, -0.2) is 16.9 Å². The van der Waals surface area contributed by atoms with E-state index < -0.39 is 0 Å². The van der Waals surface area contributed by atoms with Gasteiger partial charge in [0, 0.05) is 29.3 Å². The molecule has 1 heterocycles. The molecule has 0 saturated carbocycles. The summed E-state index contributed by atoms with van der Waals surface area (Å²) in [6.07, 6.45) is 0. The van der Waals surface area contributed by atoms with E-state index in [-0.39, 0.29) is 12.3 Å². The zero-order chi connectivity index (χ0) is 16.2. The summed E-state index contributed by atoms with van der Waals surface area (Å²) in [6.45, 7) is 0.111. The van der Waals surface area contributed by atoms with Crippen LogP contribution in [0.2, 0.25) is 5.02 Å². The van der Waals surface area contributed by atoms with Crippen molar-refractivity contribution in [3.8, 4) is 22.4 Å². The summed E-state index contributed by atoms with van der Waals surface area (Å²) < 4.78 is 6.35. The summed E-state index contributed by atoms with van der Waals surface area (Å²) >= 11 is 5.96. The summed E-state index contributed by atoms with van der Waals surface area (Å²) in [6, 6.07) is 18.7. The fourth-order valence-electron chi connectivity index (χ4n) is 2.36. The number of hydrogen-bond donors (Lipinski definition) is 0. The van der Waals surface area contributed by atoms with Gasteiger partial charge in [0.25, 0.3) is 5.56 Å². The van der Waals surface area contributed by atoms with E-state index in [1.165, 1.54) is 11.8 Å². The lowest BCUT2D eigenvalue weighted by Crippen LogP contribution is -2.24. The highest BCUT2D eigenvalue weighted by Gasteiger charge is 2.12. The molecule has 3 rings (SSSR count). The van der Waals surface area contributed by atoms with Gasteiger partial charge in [0.2, 0.25) is 0 Å². The summed E-state index contributed by atoms with van der Waals surface area (Å²) in [5.74, 6) is 0. The molecular weight excluding hydrogens is 312 g/mol. The van der Waals surface area contributed by atoms with Gasteiger partial charge < -0.3 is 4.74 Å². The zero-order valence-electron chi connectivity index (χ0n) is 12.6. The molecule has 5 heteroatoms.